The van der Waals surface area contributed by atoms with Crippen molar-refractivity contribution in [2.75, 3.05) is 0 Å². The lowest BCUT2D eigenvalue weighted by molar-refractivity contribution is 0.0697. The molecule has 0 radical (unpaired) electrons. The molecule has 0 spiro atoms. The van der Waals surface area contributed by atoms with Gasteiger partial charge < -0.3 is 13.7 Å². The van der Waals surface area contributed by atoms with Gasteiger partial charge in [0.1, 0.15) is 11.3 Å². The van der Waals surface area contributed by atoms with Gasteiger partial charge >= 0.3 is 16.1 Å². The molecule has 0 saturated heterocycles. The van der Waals surface area contributed by atoms with E-state index in [2.05, 4.69) is 4.18 Å². The van der Waals surface area contributed by atoms with Crippen LogP contribution in [0.15, 0.2) is 62.6 Å². The minimum atomic E-state index is -5.92. The van der Waals surface area contributed by atoms with Crippen LogP contribution >= 0.6 is 0 Å². The van der Waals surface area contributed by atoms with E-state index in [1.54, 1.807) is 0 Å². The van der Waals surface area contributed by atoms with Crippen molar-refractivity contribution in [3.63, 3.8) is 0 Å². The zero-order valence-corrected chi connectivity index (χ0v) is 20.4. The predicted molar refractivity (Wildman–Crippen MR) is 125 cm³/mol. The van der Waals surface area contributed by atoms with E-state index in [0.29, 0.717) is 24.3 Å². The summed E-state index contributed by atoms with van der Waals surface area (Å²) in [5.74, 6) is -19.4. The van der Waals surface area contributed by atoms with Gasteiger partial charge in [-0.1, -0.05) is 18.2 Å². The van der Waals surface area contributed by atoms with Crippen LogP contribution in [0.3, 0.4) is 0 Å². The highest BCUT2D eigenvalue weighted by Gasteiger charge is 2.36. The van der Waals surface area contributed by atoms with Gasteiger partial charge in [-0.2, -0.15) is 8.42 Å². The van der Waals surface area contributed by atoms with Gasteiger partial charge in [-0.3, -0.25) is 4.79 Å². The maximum atomic E-state index is 15.2. The highest BCUT2D eigenvalue weighted by Crippen LogP contribution is 2.43. The van der Waals surface area contributed by atoms with Gasteiger partial charge in [-0.05, 0) is 23.8 Å². The van der Waals surface area contributed by atoms with E-state index < -0.39 is 78.5 Å². The average molecular weight is 598 g/mol. The Kier molecular flexibility index (Phi) is 6.49. The van der Waals surface area contributed by atoms with Gasteiger partial charge in [0, 0.05) is 28.6 Å². The molecule has 1 N–H and O–H groups in total. The van der Waals surface area contributed by atoms with E-state index in [4.69, 9.17) is 4.42 Å². The van der Waals surface area contributed by atoms with Crippen molar-refractivity contribution in [2.45, 2.75) is 4.90 Å². The molecule has 5 rings (SSSR count). The van der Waals surface area contributed by atoms with Crippen LogP contribution < -0.4 is 9.61 Å². The first-order valence-corrected chi connectivity index (χ1v) is 12.3. The summed E-state index contributed by atoms with van der Waals surface area (Å²) >= 11 is 0. The molecule has 0 aromatic heterocycles. The smallest absolute Gasteiger partial charge is 0.345 e. The molecule has 0 fully saturated rings. The first-order valence-electron chi connectivity index (χ1n) is 10.9. The minimum Gasteiger partial charge on any atom is -0.478 e. The quantitative estimate of drug-likeness (QED) is 0.0868. The Morgan fingerprint density at radius 2 is 1.39 bits per heavy atom. The number of aromatic carboxylic acids is 1. The van der Waals surface area contributed by atoms with Crippen molar-refractivity contribution < 1.29 is 57.7 Å². The third-order valence-electron chi connectivity index (χ3n) is 5.87. The molecule has 0 saturated carbocycles. The van der Waals surface area contributed by atoms with Crippen molar-refractivity contribution in [2.24, 2.45) is 0 Å². The Balaban J connectivity index is 1.79. The largest absolute Gasteiger partial charge is 0.478 e. The standard InChI is InChI=1S/C26H9F7O7S/c27-13-5-11-16(7-15(13)34)39-17-8-18(40-41(37,38)25-23(32)21(30)20(29)22(31)24(25)33)14(28)6-12(17)19(11)9-3-1-2-4-10(9)26(35)36/h1-8H,(H,35,36). The number of carboxylic acid groups (broad SMARTS) is 1. The molecule has 0 unspecified atom stereocenters. The molecule has 1 aliphatic carbocycles. The van der Waals surface area contributed by atoms with E-state index in [1.807, 2.05) is 0 Å². The fourth-order valence-corrected chi connectivity index (χ4v) is 5.16. The van der Waals surface area contributed by atoms with Gasteiger partial charge in [-0.25, -0.2) is 35.5 Å². The molecular weight excluding hydrogens is 589 g/mol. The van der Waals surface area contributed by atoms with Crippen LogP contribution in [0, 0.1) is 40.7 Å². The normalized spacial score (nSPS) is 11.8. The maximum Gasteiger partial charge on any atom is 0.345 e. The lowest BCUT2D eigenvalue weighted by atomic mass is 9.90. The zero-order valence-electron chi connectivity index (χ0n) is 19.6. The second kappa shape index (κ2) is 9.62. The summed E-state index contributed by atoms with van der Waals surface area (Å²) in [7, 11) is -5.92. The first kappa shape index (κ1) is 27.6. The summed E-state index contributed by atoms with van der Waals surface area (Å²) in [4.78, 5) is 21.4. The number of fused-ring (bicyclic) bond motifs is 2. The number of hydrogen-bond donors (Lipinski definition) is 1. The second-order valence-corrected chi connectivity index (χ2v) is 9.81. The monoisotopic (exact) mass is 598 g/mol. The zero-order chi connectivity index (χ0) is 30.0. The second-order valence-electron chi connectivity index (χ2n) is 8.32. The fourth-order valence-electron chi connectivity index (χ4n) is 4.10. The summed E-state index contributed by atoms with van der Waals surface area (Å²) < 4.78 is 133. The number of carboxylic acids is 1. The summed E-state index contributed by atoms with van der Waals surface area (Å²) in [6.07, 6.45) is 0. The molecule has 0 amide bonds. The Bertz CT molecular complexity index is 2040. The van der Waals surface area contributed by atoms with Gasteiger partial charge in [0.15, 0.2) is 45.5 Å². The SMILES string of the molecule is O=C(O)c1ccccc1-c1c2cc(F)c(=O)cc-2oc2cc(OS(=O)(=O)c3c(F)c(F)c(F)c(F)c3F)c(F)cc12. The van der Waals surface area contributed by atoms with Crippen LogP contribution in [-0.2, 0) is 10.1 Å². The van der Waals surface area contributed by atoms with Crippen molar-refractivity contribution >= 4 is 27.1 Å². The summed E-state index contributed by atoms with van der Waals surface area (Å²) in [5, 5.41) is 9.36. The summed E-state index contributed by atoms with van der Waals surface area (Å²) in [5.41, 5.74) is -2.49. The number of hydrogen-bond acceptors (Lipinski definition) is 6. The molecule has 2 aliphatic rings. The van der Waals surface area contributed by atoms with Gasteiger partial charge in [0.25, 0.3) is 0 Å². The summed E-state index contributed by atoms with van der Waals surface area (Å²) in [6.45, 7) is 0. The predicted octanol–water partition coefficient (Wildman–Crippen LogP) is 6.00. The molecule has 210 valence electrons. The molecule has 1 heterocycles. The molecule has 3 aromatic carbocycles. The Labute approximate surface area is 223 Å². The third-order valence-corrected chi connectivity index (χ3v) is 7.13. The first-order chi connectivity index (χ1) is 19.2. The Morgan fingerprint density at radius 3 is 2.02 bits per heavy atom. The molecule has 15 heteroatoms. The lowest BCUT2D eigenvalue weighted by Gasteiger charge is -2.18. The molecule has 41 heavy (non-hydrogen) atoms. The third kappa shape index (κ3) is 4.43. The van der Waals surface area contributed by atoms with Crippen LogP contribution in [0.5, 0.6) is 5.75 Å². The lowest BCUT2D eigenvalue weighted by Crippen LogP contribution is -2.18. The molecule has 0 atom stereocenters. The van der Waals surface area contributed by atoms with Crippen LogP contribution in [0.25, 0.3) is 33.4 Å². The average Bonchev–Trinajstić information content (AvgIpc) is 2.91. The van der Waals surface area contributed by atoms with E-state index in [-0.39, 0.29) is 33.4 Å². The van der Waals surface area contributed by atoms with Gasteiger partial charge in [0.2, 0.25) is 11.2 Å². The van der Waals surface area contributed by atoms with Gasteiger partial charge in [-0.15, -0.1) is 0 Å². The van der Waals surface area contributed by atoms with Crippen LogP contribution in [0.2, 0.25) is 0 Å². The molecular formula is C26H9F7O7S. The number of benzene rings is 4. The van der Waals surface area contributed by atoms with Crippen LogP contribution in [0.4, 0.5) is 30.7 Å². The van der Waals surface area contributed by atoms with E-state index in [9.17, 15) is 49.5 Å². The highest BCUT2D eigenvalue weighted by atomic mass is 32.2. The highest BCUT2D eigenvalue weighted by molar-refractivity contribution is 7.87. The number of halogens is 7. The van der Waals surface area contributed by atoms with E-state index in [0.717, 1.165) is 0 Å². The molecule has 1 aliphatic heterocycles. The van der Waals surface area contributed by atoms with Crippen LogP contribution in [-0.4, -0.2) is 19.5 Å². The topological polar surface area (TPSA) is 111 Å². The number of rotatable bonds is 5. The van der Waals surface area contributed by atoms with Crippen molar-refractivity contribution in [1.29, 1.82) is 0 Å². The Hall–Kier alpha value is -4.92. The van der Waals surface area contributed by atoms with Crippen molar-refractivity contribution in [3.8, 4) is 28.2 Å². The molecule has 7 nitrogen and oxygen atoms in total. The van der Waals surface area contributed by atoms with Gasteiger partial charge in [0.05, 0.1) is 5.56 Å². The maximum absolute atomic E-state index is 15.2. The van der Waals surface area contributed by atoms with E-state index >= 15 is 4.39 Å². The van der Waals surface area contributed by atoms with Crippen molar-refractivity contribution in [1.82, 2.24) is 0 Å². The van der Waals surface area contributed by atoms with E-state index in [1.165, 1.54) is 24.3 Å². The Morgan fingerprint density at radius 1 is 0.780 bits per heavy atom. The minimum absolute atomic E-state index is 0.106. The molecule has 3 aromatic rings. The fraction of sp³-hybridized carbons (Fsp3) is 0. The van der Waals surface area contributed by atoms with Crippen molar-refractivity contribution in [3.05, 3.63) is 105 Å². The van der Waals surface area contributed by atoms with Crippen LogP contribution in [0.1, 0.15) is 10.4 Å². The molecule has 0 bridgehead atoms. The number of carbonyl (C=O) groups is 1. The summed E-state index contributed by atoms with van der Waals surface area (Å²) in [6, 6.07) is 7.63.